The summed E-state index contributed by atoms with van der Waals surface area (Å²) < 4.78 is 5.23. The second kappa shape index (κ2) is 7.90. The highest BCUT2D eigenvalue weighted by Crippen LogP contribution is 2.22. The minimum Gasteiger partial charge on any atom is -0.455 e. The van der Waals surface area contributed by atoms with Gasteiger partial charge in [0.1, 0.15) is 6.10 Å². The highest BCUT2D eigenvalue weighted by atomic mass is 35.5. The average molecular weight is 270 g/mol. The lowest BCUT2D eigenvalue weighted by molar-refractivity contribution is -0.142. The van der Waals surface area contributed by atoms with Crippen LogP contribution in [0.2, 0.25) is 0 Å². The molecular weight excluding hydrogens is 250 g/mol. The summed E-state index contributed by atoms with van der Waals surface area (Å²) in [7, 11) is 4.02. The van der Waals surface area contributed by atoms with Gasteiger partial charge in [0.15, 0.2) is 0 Å². The van der Waals surface area contributed by atoms with Gasteiger partial charge in [-0.1, -0.05) is 30.8 Å². The number of benzene rings is 1. The molecule has 0 heterocycles. The van der Waals surface area contributed by atoms with E-state index in [9.17, 15) is 4.79 Å². The Morgan fingerprint density at radius 1 is 1.44 bits per heavy atom. The molecular formula is C14H20ClNO2. The molecule has 0 amide bonds. The second-order valence-corrected chi connectivity index (χ2v) is 4.22. The van der Waals surface area contributed by atoms with Crippen LogP contribution in [0.3, 0.4) is 0 Å². The summed E-state index contributed by atoms with van der Waals surface area (Å²) in [5, 5.41) is 0. The third-order valence-corrected chi connectivity index (χ3v) is 2.44. The van der Waals surface area contributed by atoms with Crippen molar-refractivity contribution in [3.05, 3.63) is 48.0 Å². The number of hydrogen-bond acceptors (Lipinski definition) is 3. The van der Waals surface area contributed by atoms with Crippen LogP contribution in [0.1, 0.15) is 24.2 Å². The molecule has 1 aromatic rings. The van der Waals surface area contributed by atoms with Gasteiger partial charge in [-0.15, -0.1) is 12.4 Å². The predicted molar refractivity (Wildman–Crippen MR) is 75.8 cm³/mol. The second-order valence-electron chi connectivity index (χ2n) is 4.22. The van der Waals surface area contributed by atoms with Crippen molar-refractivity contribution in [2.24, 2.45) is 0 Å². The van der Waals surface area contributed by atoms with Gasteiger partial charge < -0.3 is 9.64 Å². The maximum absolute atomic E-state index is 11.2. The van der Waals surface area contributed by atoms with Crippen molar-refractivity contribution in [3.8, 4) is 0 Å². The minimum absolute atomic E-state index is 0. The monoisotopic (exact) mass is 269 g/mol. The number of carbonyl (C=O) groups is 1. The topological polar surface area (TPSA) is 29.5 Å². The molecule has 1 atom stereocenters. The summed E-state index contributed by atoms with van der Waals surface area (Å²) in [5.41, 5.74) is 2.21. The lowest BCUT2D eigenvalue weighted by Gasteiger charge is -2.18. The van der Waals surface area contributed by atoms with Crippen molar-refractivity contribution in [1.82, 2.24) is 4.90 Å². The molecule has 4 heteroatoms. The third kappa shape index (κ3) is 4.90. The smallest absolute Gasteiger partial charge is 0.330 e. The Morgan fingerprint density at radius 2 is 2.06 bits per heavy atom. The molecule has 1 unspecified atom stereocenters. The minimum atomic E-state index is -0.392. The summed E-state index contributed by atoms with van der Waals surface area (Å²) in [6.07, 6.45) is 0.932. The van der Waals surface area contributed by atoms with Gasteiger partial charge in [-0.3, -0.25) is 0 Å². The van der Waals surface area contributed by atoms with Gasteiger partial charge in [-0.25, -0.2) is 4.79 Å². The molecule has 0 spiro atoms. The van der Waals surface area contributed by atoms with Crippen molar-refractivity contribution < 1.29 is 9.53 Å². The Bertz CT molecular complexity index is 405. The molecule has 0 saturated heterocycles. The summed E-state index contributed by atoms with van der Waals surface area (Å²) in [6, 6.07) is 7.98. The number of esters is 1. The molecule has 1 rings (SSSR count). The van der Waals surface area contributed by atoms with Crippen molar-refractivity contribution in [2.75, 3.05) is 14.1 Å². The van der Waals surface area contributed by atoms with E-state index in [1.54, 1.807) is 0 Å². The number of hydrogen-bond donors (Lipinski definition) is 0. The molecule has 1 aromatic carbocycles. The van der Waals surface area contributed by atoms with Crippen LogP contribution < -0.4 is 0 Å². The quantitative estimate of drug-likeness (QED) is 0.608. The van der Waals surface area contributed by atoms with Crippen LogP contribution in [0.25, 0.3) is 0 Å². The van der Waals surface area contributed by atoms with Crippen LogP contribution in [0.4, 0.5) is 0 Å². The number of ether oxygens (including phenoxy) is 1. The molecule has 0 aromatic heterocycles. The van der Waals surface area contributed by atoms with Gasteiger partial charge in [-0.2, -0.15) is 0 Å². The third-order valence-electron chi connectivity index (χ3n) is 2.44. The molecule has 3 nitrogen and oxygen atoms in total. The van der Waals surface area contributed by atoms with Crippen LogP contribution in [-0.4, -0.2) is 25.0 Å². The van der Waals surface area contributed by atoms with Crippen LogP contribution in [0.5, 0.6) is 0 Å². The molecule has 100 valence electrons. The first-order valence-electron chi connectivity index (χ1n) is 5.60. The molecule has 0 aliphatic rings. The zero-order valence-electron chi connectivity index (χ0n) is 11.1. The Kier molecular flexibility index (Phi) is 7.32. The molecule has 0 aliphatic heterocycles. The number of nitrogens with zero attached hydrogens (tertiary/aromatic N) is 1. The van der Waals surface area contributed by atoms with E-state index in [-0.39, 0.29) is 18.5 Å². The highest BCUT2D eigenvalue weighted by molar-refractivity contribution is 5.85. The summed E-state index contributed by atoms with van der Waals surface area (Å²) in [4.78, 5) is 13.3. The summed E-state index contributed by atoms with van der Waals surface area (Å²) in [6.45, 7) is 6.09. The highest BCUT2D eigenvalue weighted by Gasteiger charge is 2.13. The molecule has 18 heavy (non-hydrogen) atoms. The molecule has 0 fully saturated rings. The predicted octanol–water partition coefficient (Wildman–Crippen LogP) is 2.96. The number of halogens is 1. The summed E-state index contributed by atoms with van der Waals surface area (Å²) >= 11 is 0. The Labute approximate surface area is 115 Å². The molecule has 0 aliphatic carbocycles. The van der Waals surface area contributed by atoms with Gasteiger partial charge >= 0.3 is 5.97 Å². The molecule has 0 bridgehead atoms. The first-order valence-corrected chi connectivity index (χ1v) is 5.60. The van der Waals surface area contributed by atoms with E-state index in [2.05, 4.69) is 11.5 Å². The standard InChI is InChI=1S/C14H19NO2.ClH/c1-5-14(16)17-11(2)13-9-7-6-8-12(13)10-15(3)4;/h5-9,11H,1,10H2,2-4H3;1H. The van der Waals surface area contributed by atoms with E-state index in [0.717, 1.165) is 12.1 Å². The average Bonchev–Trinajstić information content (AvgIpc) is 2.28. The van der Waals surface area contributed by atoms with E-state index in [0.29, 0.717) is 0 Å². The Morgan fingerprint density at radius 3 is 2.61 bits per heavy atom. The van der Waals surface area contributed by atoms with Gasteiger partial charge in [0, 0.05) is 12.6 Å². The molecule has 0 N–H and O–H groups in total. The molecule has 0 radical (unpaired) electrons. The fourth-order valence-corrected chi connectivity index (χ4v) is 1.70. The zero-order chi connectivity index (χ0) is 12.8. The largest absolute Gasteiger partial charge is 0.455 e. The van der Waals surface area contributed by atoms with Crippen molar-refractivity contribution in [1.29, 1.82) is 0 Å². The lowest BCUT2D eigenvalue weighted by atomic mass is 10.0. The first kappa shape index (κ1) is 16.7. The number of rotatable bonds is 5. The first-order chi connectivity index (χ1) is 8.04. The molecule has 0 saturated carbocycles. The van der Waals surface area contributed by atoms with Crippen LogP contribution in [-0.2, 0) is 16.1 Å². The zero-order valence-corrected chi connectivity index (χ0v) is 11.9. The van der Waals surface area contributed by atoms with Crippen LogP contribution >= 0.6 is 12.4 Å². The van der Waals surface area contributed by atoms with E-state index in [4.69, 9.17) is 4.74 Å². The Balaban J connectivity index is 0.00000289. The lowest BCUT2D eigenvalue weighted by Crippen LogP contribution is -2.14. The van der Waals surface area contributed by atoms with E-state index < -0.39 is 5.97 Å². The van der Waals surface area contributed by atoms with Gasteiger partial charge in [0.2, 0.25) is 0 Å². The summed E-state index contributed by atoms with van der Waals surface area (Å²) in [5.74, 6) is -0.392. The maximum atomic E-state index is 11.2. The van der Waals surface area contributed by atoms with Gasteiger partial charge in [0.05, 0.1) is 0 Å². The Hall–Kier alpha value is -1.32. The SMILES string of the molecule is C=CC(=O)OC(C)c1ccccc1CN(C)C.Cl. The van der Waals surface area contributed by atoms with Gasteiger partial charge in [-0.05, 0) is 32.1 Å². The van der Waals surface area contributed by atoms with Crippen LogP contribution in [0.15, 0.2) is 36.9 Å². The van der Waals surface area contributed by atoms with Crippen molar-refractivity contribution in [2.45, 2.75) is 19.6 Å². The van der Waals surface area contributed by atoms with E-state index in [1.165, 1.54) is 11.6 Å². The van der Waals surface area contributed by atoms with E-state index in [1.807, 2.05) is 45.3 Å². The maximum Gasteiger partial charge on any atom is 0.330 e. The van der Waals surface area contributed by atoms with Crippen molar-refractivity contribution in [3.63, 3.8) is 0 Å². The van der Waals surface area contributed by atoms with Crippen LogP contribution in [0, 0.1) is 0 Å². The number of carbonyl (C=O) groups excluding carboxylic acids is 1. The van der Waals surface area contributed by atoms with E-state index >= 15 is 0 Å². The van der Waals surface area contributed by atoms with Crippen molar-refractivity contribution >= 4 is 18.4 Å². The fraction of sp³-hybridized carbons (Fsp3) is 0.357. The normalized spacial score (nSPS) is 11.6. The fourth-order valence-electron chi connectivity index (χ4n) is 1.70. The van der Waals surface area contributed by atoms with Gasteiger partial charge in [0.25, 0.3) is 0 Å².